The molecular formula is C17H27NO2S. The van der Waals surface area contributed by atoms with Gasteiger partial charge < -0.3 is 10.1 Å². The highest BCUT2D eigenvalue weighted by molar-refractivity contribution is 7.10. The molecule has 21 heavy (non-hydrogen) atoms. The number of ether oxygens (including phenoxy) is 1. The van der Waals surface area contributed by atoms with Crippen LogP contribution in [0.1, 0.15) is 63.3 Å². The molecule has 0 bridgehead atoms. The largest absolute Gasteiger partial charge is 0.466 e. The van der Waals surface area contributed by atoms with Gasteiger partial charge in [-0.15, -0.1) is 11.3 Å². The van der Waals surface area contributed by atoms with E-state index in [0.29, 0.717) is 18.7 Å². The van der Waals surface area contributed by atoms with Crippen molar-refractivity contribution in [2.24, 2.45) is 5.92 Å². The maximum Gasteiger partial charge on any atom is 0.308 e. The number of esters is 1. The van der Waals surface area contributed by atoms with E-state index < -0.39 is 0 Å². The summed E-state index contributed by atoms with van der Waals surface area (Å²) in [4.78, 5) is 13.3. The first-order valence-electron chi connectivity index (χ1n) is 8.20. The van der Waals surface area contributed by atoms with Gasteiger partial charge in [0.25, 0.3) is 0 Å². The second-order valence-corrected chi connectivity index (χ2v) is 6.82. The van der Waals surface area contributed by atoms with Gasteiger partial charge in [-0.25, -0.2) is 0 Å². The summed E-state index contributed by atoms with van der Waals surface area (Å²) < 4.78 is 5.19. The van der Waals surface area contributed by atoms with Crippen molar-refractivity contribution in [3.05, 3.63) is 22.4 Å². The van der Waals surface area contributed by atoms with E-state index in [4.69, 9.17) is 4.74 Å². The normalized spacial score (nSPS) is 23.7. The second-order valence-electron chi connectivity index (χ2n) is 5.84. The molecule has 0 radical (unpaired) electrons. The standard InChI is InChI=1S/C17H27NO2S/c1-3-7-15(16-10-6-11-21-16)18-14-9-5-8-13(12-14)17(19)20-4-2/h6,10-11,13-15,18H,3-5,7-9,12H2,1-2H3. The predicted octanol–water partition coefficient (Wildman–Crippen LogP) is 4.30. The molecule has 1 aromatic rings. The Morgan fingerprint density at radius 3 is 3.00 bits per heavy atom. The van der Waals surface area contributed by atoms with Gasteiger partial charge in [0.15, 0.2) is 0 Å². The molecule has 4 heteroatoms. The minimum atomic E-state index is -0.00725. The van der Waals surface area contributed by atoms with Crippen molar-refractivity contribution >= 4 is 17.3 Å². The van der Waals surface area contributed by atoms with Crippen LogP contribution in [0.2, 0.25) is 0 Å². The zero-order valence-electron chi connectivity index (χ0n) is 13.1. The SMILES string of the molecule is CCCC(NC1CCCC(C(=O)OCC)C1)c1cccs1. The molecule has 0 spiro atoms. The molecule has 1 aliphatic carbocycles. The van der Waals surface area contributed by atoms with Crippen LogP contribution in [0.15, 0.2) is 17.5 Å². The van der Waals surface area contributed by atoms with Gasteiger partial charge in [0.05, 0.1) is 12.5 Å². The van der Waals surface area contributed by atoms with Gasteiger partial charge in [0.2, 0.25) is 0 Å². The Kier molecular flexibility index (Phi) is 6.71. The maximum atomic E-state index is 11.9. The molecule has 1 heterocycles. The summed E-state index contributed by atoms with van der Waals surface area (Å²) in [5.74, 6) is 0.0778. The average molecular weight is 309 g/mol. The van der Waals surface area contributed by atoms with Crippen molar-refractivity contribution < 1.29 is 9.53 Å². The average Bonchev–Trinajstić information content (AvgIpc) is 3.01. The minimum absolute atomic E-state index is 0.00725. The zero-order valence-corrected chi connectivity index (χ0v) is 14.0. The summed E-state index contributed by atoms with van der Waals surface area (Å²) in [5.41, 5.74) is 0. The van der Waals surface area contributed by atoms with Crippen molar-refractivity contribution in [1.29, 1.82) is 0 Å². The van der Waals surface area contributed by atoms with Gasteiger partial charge in [-0.2, -0.15) is 0 Å². The lowest BCUT2D eigenvalue weighted by Crippen LogP contribution is -2.38. The van der Waals surface area contributed by atoms with Crippen LogP contribution >= 0.6 is 11.3 Å². The van der Waals surface area contributed by atoms with E-state index in [0.717, 1.165) is 25.7 Å². The number of hydrogen-bond acceptors (Lipinski definition) is 4. The van der Waals surface area contributed by atoms with Crippen LogP contribution in [0.4, 0.5) is 0 Å². The van der Waals surface area contributed by atoms with E-state index >= 15 is 0 Å². The summed E-state index contributed by atoms with van der Waals surface area (Å²) >= 11 is 1.82. The molecule has 0 saturated heterocycles. The van der Waals surface area contributed by atoms with Crippen LogP contribution in [-0.4, -0.2) is 18.6 Å². The number of hydrogen-bond donors (Lipinski definition) is 1. The first-order chi connectivity index (χ1) is 10.2. The molecule has 3 unspecified atom stereocenters. The number of nitrogens with one attached hydrogen (secondary N) is 1. The monoisotopic (exact) mass is 309 g/mol. The van der Waals surface area contributed by atoms with Crippen LogP contribution in [0, 0.1) is 5.92 Å². The predicted molar refractivity (Wildman–Crippen MR) is 87.5 cm³/mol. The fourth-order valence-electron chi connectivity index (χ4n) is 3.19. The number of thiophene rings is 1. The van der Waals surface area contributed by atoms with E-state index in [2.05, 4.69) is 29.8 Å². The molecular weight excluding hydrogens is 282 g/mol. The van der Waals surface area contributed by atoms with E-state index in [1.807, 2.05) is 18.3 Å². The molecule has 1 saturated carbocycles. The highest BCUT2D eigenvalue weighted by Gasteiger charge is 2.29. The summed E-state index contributed by atoms with van der Waals surface area (Å²) in [6.45, 7) is 4.59. The first-order valence-corrected chi connectivity index (χ1v) is 9.08. The second kappa shape index (κ2) is 8.54. The van der Waals surface area contributed by atoms with Gasteiger partial charge in [0.1, 0.15) is 0 Å². The molecule has 1 N–H and O–H groups in total. The molecule has 1 aliphatic rings. The molecule has 0 amide bonds. The molecule has 1 fully saturated rings. The van der Waals surface area contributed by atoms with Gasteiger partial charge in [0, 0.05) is 17.0 Å². The minimum Gasteiger partial charge on any atom is -0.466 e. The van der Waals surface area contributed by atoms with Gasteiger partial charge in [-0.05, 0) is 44.1 Å². The number of carbonyl (C=O) groups excluding carboxylic acids is 1. The quantitative estimate of drug-likeness (QED) is 0.763. The highest BCUT2D eigenvalue weighted by atomic mass is 32.1. The fourth-order valence-corrected chi connectivity index (χ4v) is 4.01. The van der Waals surface area contributed by atoms with E-state index in [1.54, 1.807) is 0 Å². The first kappa shape index (κ1) is 16.5. The third-order valence-electron chi connectivity index (χ3n) is 4.20. The Morgan fingerprint density at radius 1 is 1.48 bits per heavy atom. The molecule has 3 atom stereocenters. The van der Waals surface area contributed by atoms with Crippen molar-refractivity contribution in [2.75, 3.05) is 6.61 Å². The third-order valence-corrected chi connectivity index (χ3v) is 5.18. The number of rotatable bonds is 7. The van der Waals surface area contributed by atoms with Crippen LogP contribution in [0.3, 0.4) is 0 Å². The summed E-state index contributed by atoms with van der Waals surface area (Å²) in [6, 6.07) is 5.20. The summed E-state index contributed by atoms with van der Waals surface area (Å²) in [5, 5.41) is 5.93. The molecule has 0 aromatic carbocycles. The molecule has 2 rings (SSSR count). The molecule has 0 aliphatic heterocycles. The van der Waals surface area contributed by atoms with Crippen LogP contribution < -0.4 is 5.32 Å². The number of carbonyl (C=O) groups is 1. The van der Waals surface area contributed by atoms with E-state index in [9.17, 15) is 4.79 Å². The van der Waals surface area contributed by atoms with Crippen LogP contribution in [0.25, 0.3) is 0 Å². The van der Waals surface area contributed by atoms with Crippen molar-refractivity contribution in [1.82, 2.24) is 5.32 Å². The van der Waals surface area contributed by atoms with E-state index in [1.165, 1.54) is 17.7 Å². The lowest BCUT2D eigenvalue weighted by Gasteiger charge is -2.31. The zero-order chi connectivity index (χ0) is 15.1. The third kappa shape index (κ3) is 4.82. The Hall–Kier alpha value is -0.870. The van der Waals surface area contributed by atoms with Gasteiger partial charge >= 0.3 is 5.97 Å². The summed E-state index contributed by atoms with van der Waals surface area (Å²) in [6.07, 6.45) is 6.51. The smallest absolute Gasteiger partial charge is 0.308 e. The van der Waals surface area contributed by atoms with Gasteiger partial charge in [-0.1, -0.05) is 25.8 Å². The lowest BCUT2D eigenvalue weighted by molar-refractivity contribution is -0.149. The molecule has 118 valence electrons. The highest BCUT2D eigenvalue weighted by Crippen LogP contribution is 2.30. The van der Waals surface area contributed by atoms with Crippen molar-refractivity contribution in [3.8, 4) is 0 Å². The Morgan fingerprint density at radius 2 is 2.33 bits per heavy atom. The summed E-state index contributed by atoms with van der Waals surface area (Å²) in [7, 11) is 0. The molecule has 1 aromatic heterocycles. The topological polar surface area (TPSA) is 38.3 Å². The van der Waals surface area contributed by atoms with Crippen molar-refractivity contribution in [2.45, 2.75) is 64.5 Å². The Balaban J connectivity index is 1.92. The fraction of sp³-hybridized carbons (Fsp3) is 0.706. The van der Waals surface area contributed by atoms with Crippen LogP contribution in [0.5, 0.6) is 0 Å². The van der Waals surface area contributed by atoms with E-state index in [-0.39, 0.29) is 11.9 Å². The van der Waals surface area contributed by atoms with Crippen molar-refractivity contribution in [3.63, 3.8) is 0 Å². The van der Waals surface area contributed by atoms with Crippen LogP contribution in [-0.2, 0) is 9.53 Å². The Bertz CT molecular complexity index is 418. The Labute approximate surface area is 132 Å². The van der Waals surface area contributed by atoms with Gasteiger partial charge in [-0.3, -0.25) is 4.79 Å². The molecule has 3 nitrogen and oxygen atoms in total. The lowest BCUT2D eigenvalue weighted by atomic mass is 9.85. The maximum absolute atomic E-state index is 11.9.